The van der Waals surface area contributed by atoms with Gasteiger partial charge in [-0.2, -0.15) is 0 Å². The predicted molar refractivity (Wildman–Crippen MR) is 73.1 cm³/mol. The molecule has 20 heavy (non-hydrogen) atoms. The number of hydrogen-bond donors (Lipinski definition) is 2. The topological polar surface area (TPSA) is 70.7 Å². The number of carbonyl (C=O) groups excluding carboxylic acids is 2. The Bertz CT molecular complexity index is 387. The van der Waals surface area contributed by atoms with Crippen molar-refractivity contribution < 1.29 is 14.3 Å². The van der Waals surface area contributed by atoms with Crippen LogP contribution < -0.4 is 10.6 Å². The first-order valence-electron chi connectivity index (χ1n) is 7.52. The van der Waals surface area contributed by atoms with Crippen LogP contribution in [0.25, 0.3) is 0 Å². The van der Waals surface area contributed by atoms with Crippen LogP contribution in [0.5, 0.6) is 0 Å². The van der Waals surface area contributed by atoms with Crippen LogP contribution in [-0.2, 0) is 9.53 Å². The van der Waals surface area contributed by atoms with E-state index in [2.05, 4.69) is 10.6 Å². The summed E-state index contributed by atoms with van der Waals surface area (Å²) in [5.41, 5.74) is 0. The van der Waals surface area contributed by atoms with E-state index >= 15 is 0 Å². The molecular weight excluding hydrogens is 258 g/mol. The number of methoxy groups -OCH3 is 1. The fraction of sp³-hybridized carbons (Fsp3) is 0.857. The summed E-state index contributed by atoms with van der Waals surface area (Å²) < 4.78 is 5.15. The van der Waals surface area contributed by atoms with Crippen LogP contribution in [0.2, 0.25) is 0 Å². The van der Waals surface area contributed by atoms with E-state index in [0.717, 1.165) is 12.8 Å². The van der Waals surface area contributed by atoms with Crippen LogP contribution in [0.1, 0.15) is 25.7 Å². The molecule has 6 heteroatoms. The number of carbonyl (C=O) groups is 2. The van der Waals surface area contributed by atoms with Crippen molar-refractivity contribution in [1.82, 2.24) is 15.5 Å². The second-order valence-corrected chi connectivity index (χ2v) is 6.23. The largest absolute Gasteiger partial charge is 0.383 e. The SMILES string of the molecule is COCC(NC(=O)N1CC(NC(=O)C2CC2)C1)C1CC1. The van der Waals surface area contributed by atoms with Crippen molar-refractivity contribution in [2.45, 2.75) is 37.8 Å². The van der Waals surface area contributed by atoms with Crippen LogP contribution in [0, 0.1) is 11.8 Å². The molecule has 0 bridgehead atoms. The third kappa shape index (κ3) is 3.23. The molecule has 1 heterocycles. The number of nitrogens with zero attached hydrogens (tertiary/aromatic N) is 1. The Hall–Kier alpha value is -1.30. The Labute approximate surface area is 119 Å². The predicted octanol–water partition coefficient (Wildman–Crippen LogP) is 0.331. The molecule has 112 valence electrons. The Kier molecular flexibility index (Phi) is 3.83. The Morgan fingerprint density at radius 2 is 1.95 bits per heavy atom. The monoisotopic (exact) mass is 281 g/mol. The zero-order chi connectivity index (χ0) is 14.1. The lowest BCUT2D eigenvalue weighted by Crippen LogP contribution is -2.64. The Balaban J connectivity index is 1.37. The lowest BCUT2D eigenvalue weighted by Gasteiger charge is -2.40. The molecule has 3 fully saturated rings. The maximum absolute atomic E-state index is 12.1. The molecule has 3 rings (SSSR count). The lowest BCUT2D eigenvalue weighted by molar-refractivity contribution is -0.123. The van der Waals surface area contributed by atoms with Gasteiger partial charge < -0.3 is 20.3 Å². The molecule has 1 aliphatic heterocycles. The van der Waals surface area contributed by atoms with E-state index in [0.29, 0.717) is 25.6 Å². The first kappa shape index (κ1) is 13.7. The summed E-state index contributed by atoms with van der Waals surface area (Å²) in [7, 11) is 1.66. The van der Waals surface area contributed by atoms with Crippen molar-refractivity contribution in [3.05, 3.63) is 0 Å². The van der Waals surface area contributed by atoms with Crippen LogP contribution >= 0.6 is 0 Å². The molecule has 1 atom stereocenters. The smallest absolute Gasteiger partial charge is 0.317 e. The van der Waals surface area contributed by atoms with Gasteiger partial charge in [-0.05, 0) is 31.6 Å². The number of hydrogen-bond acceptors (Lipinski definition) is 3. The first-order chi connectivity index (χ1) is 9.67. The number of urea groups is 1. The quantitative estimate of drug-likeness (QED) is 0.737. The van der Waals surface area contributed by atoms with Crippen molar-refractivity contribution >= 4 is 11.9 Å². The van der Waals surface area contributed by atoms with E-state index in [1.807, 2.05) is 0 Å². The highest BCUT2D eigenvalue weighted by molar-refractivity contribution is 5.82. The van der Waals surface area contributed by atoms with Gasteiger partial charge in [-0.3, -0.25) is 4.79 Å². The molecule has 0 aromatic rings. The maximum Gasteiger partial charge on any atom is 0.317 e. The second-order valence-electron chi connectivity index (χ2n) is 6.23. The molecule has 6 nitrogen and oxygen atoms in total. The first-order valence-corrected chi connectivity index (χ1v) is 7.52. The summed E-state index contributed by atoms with van der Waals surface area (Å²) in [4.78, 5) is 25.4. The van der Waals surface area contributed by atoms with Crippen LogP contribution in [0.3, 0.4) is 0 Å². The van der Waals surface area contributed by atoms with Crippen molar-refractivity contribution in [3.8, 4) is 0 Å². The number of likely N-dealkylation sites (tertiary alicyclic amines) is 1. The minimum absolute atomic E-state index is 0.0316. The number of nitrogens with one attached hydrogen (secondary N) is 2. The summed E-state index contributed by atoms with van der Waals surface area (Å²) in [6.45, 7) is 1.81. The van der Waals surface area contributed by atoms with E-state index in [9.17, 15) is 9.59 Å². The molecule has 0 aromatic heterocycles. The van der Waals surface area contributed by atoms with E-state index in [1.54, 1.807) is 12.0 Å². The minimum atomic E-state index is -0.0316. The molecule has 1 saturated heterocycles. The number of rotatable bonds is 6. The fourth-order valence-electron chi connectivity index (χ4n) is 2.62. The van der Waals surface area contributed by atoms with E-state index in [4.69, 9.17) is 4.74 Å². The van der Waals surface area contributed by atoms with Crippen molar-refractivity contribution in [2.75, 3.05) is 26.8 Å². The summed E-state index contributed by atoms with van der Waals surface area (Å²) in [6, 6.07) is 0.235. The average Bonchev–Trinajstić information content (AvgIpc) is 3.25. The van der Waals surface area contributed by atoms with Crippen LogP contribution in [-0.4, -0.2) is 55.7 Å². The Morgan fingerprint density at radius 3 is 2.50 bits per heavy atom. The molecule has 2 N–H and O–H groups in total. The highest BCUT2D eigenvalue weighted by Crippen LogP contribution is 2.33. The van der Waals surface area contributed by atoms with E-state index in [-0.39, 0.29) is 29.9 Å². The minimum Gasteiger partial charge on any atom is -0.383 e. The van der Waals surface area contributed by atoms with Gasteiger partial charge in [0.2, 0.25) is 5.91 Å². The fourth-order valence-corrected chi connectivity index (χ4v) is 2.62. The Morgan fingerprint density at radius 1 is 1.25 bits per heavy atom. The highest BCUT2D eigenvalue weighted by Gasteiger charge is 2.38. The molecule has 1 unspecified atom stereocenters. The summed E-state index contributed by atoms with van der Waals surface area (Å²) in [5.74, 6) is 0.967. The van der Waals surface area contributed by atoms with Gasteiger partial charge in [-0.15, -0.1) is 0 Å². The maximum atomic E-state index is 12.1. The average molecular weight is 281 g/mol. The van der Waals surface area contributed by atoms with Crippen LogP contribution in [0.4, 0.5) is 4.79 Å². The summed E-state index contributed by atoms with van der Waals surface area (Å²) >= 11 is 0. The van der Waals surface area contributed by atoms with Crippen molar-refractivity contribution in [3.63, 3.8) is 0 Å². The summed E-state index contributed by atoms with van der Waals surface area (Å²) in [5, 5.41) is 6.03. The van der Waals surface area contributed by atoms with Crippen molar-refractivity contribution in [2.24, 2.45) is 11.8 Å². The van der Waals surface area contributed by atoms with Gasteiger partial charge in [0, 0.05) is 26.1 Å². The normalized spacial score (nSPS) is 23.9. The number of ether oxygens (including phenoxy) is 1. The molecule has 0 radical (unpaired) electrons. The zero-order valence-corrected chi connectivity index (χ0v) is 11.9. The lowest BCUT2D eigenvalue weighted by atomic mass is 10.1. The zero-order valence-electron chi connectivity index (χ0n) is 11.9. The van der Waals surface area contributed by atoms with Gasteiger partial charge in [-0.1, -0.05) is 0 Å². The van der Waals surface area contributed by atoms with Crippen LogP contribution in [0.15, 0.2) is 0 Å². The van der Waals surface area contributed by atoms with Crippen molar-refractivity contribution in [1.29, 1.82) is 0 Å². The van der Waals surface area contributed by atoms with E-state index < -0.39 is 0 Å². The third-order valence-electron chi connectivity index (χ3n) is 4.31. The third-order valence-corrected chi connectivity index (χ3v) is 4.31. The van der Waals surface area contributed by atoms with Gasteiger partial charge in [0.1, 0.15) is 0 Å². The molecule has 2 saturated carbocycles. The standard InChI is InChI=1S/C14H23N3O3/c1-20-8-12(9-2-3-9)16-14(19)17-6-11(7-17)15-13(18)10-4-5-10/h9-12H,2-8H2,1H3,(H,15,18)(H,16,19). The summed E-state index contributed by atoms with van der Waals surface area (Å²) in [6.07, 6.45) is 4.38. The van der Waals surface area contributed by atoms with Gasteiger partial charge in [0.15, 0.2) is 0 Å². The highest BCUT2D eigenvalue weighted by atomic mass is 16.5. The molecule has 3 aliphatic rings. The van der Waals surface area contributed by atoms with E-state index in [1.165, 1.54) is 12.8 Å². The number of amides is 3. The second kappa shape index (κ2) is 5.60. The molecule has 0 spiro atoms. The molecular formula is C14H23N3O3. The van der Waals surface area contributed by atoms with Gasteiger partial charge >= 0.3 is 6.03 Å². The molecule has 0 aromatic carbocycles. The van der Waals surface area contributed by atoms with Gasteiger partial charge in [0.05, 0.1) is 18.7 Å². The molecule has 2 aliphatic carbocycles. The van der Waals surface area contributed by atoms with Gasteiger partial charge in [-0.25, -0.2) is 4.79 Å². The molecule has 3 amide bonds. The van der Waals surface area contributed by atoms with Gasteiger partial charge in [0.25, 0.3) is 0 Å².